The highest BCUT2D eigenvalue weighted by Gasteiger charge is 2.47. The number of aryl methyl sites for hydroxylation is 1. The Morgan fingerprint density at radius 1 is 1.21 bits per heavy atom. The number of halogens is 2. The van der Waals surface area contributed by atoms with Gasteiger partial charge in [0.15, 0.2) is 11.6 Å². The maximum Gasteiger partial charge on any atom is 0.282 e. The average Bonchev–Trinajstić information content (AvgIpc) is 3.68. The van der Waals surface area contributed by atoms with E-state index in [2.05, 4.69) is 20.4 Å². The third-order valence-corrected chi connectivity index (χ3v) is 7.16. The summed E-state index contributed by atoms with van der Waals surface area (Å²) in [7, 11) is 0. The second kappa shape index (κ2) is 8.25. The first kappa shape index (κ1) is 21.9. The van der Waals surface area contributed by atoms with Gasteiger partial charge in [0.05, 0.1) is 25.7 Å². The van der Waals surface area contributed by atoms with Gasteiger partial charge in [0.1, 0.15) is 11.4 Å². The largest absolute Gasteiger partial charge is 0.476 e. The SMILES string of the molecule is Cc1nc(C(CC2CC2)CC2NC2C(=O)c2ccc(N3CC(F)(F)C3)c(OCC3CC3)n2)no1. The number of aromatic nitrogens is 3. The molecule has 3 atom stereocenters. The standard InChI is InChI=1S/C24H29F2N5O3/c1-13-27-22(30-34-13)16(8-14-2-3-14)9-18-20(28-18)21(32)17-6-7-19(31-11-24(25,26)12-31)23(29-17)33-10-15-4-5-15/h6-7,14-16,18,20,28H,2-5,8-12H2,1H3. The minimum Gasteiger partial charge on any atom is -0.476 e. The fourth-order valence-electron chi connectivity index (χ4n) is 4.73. The first-order valence-electron chi connectivity index (χ1n) is 12.2. The molecule has 2 aliphatic carbocycles. The van der Waals surface area contributed by atoms with E-state index >= 15 is 0 Å². The first-order chi connectivity index (χ1) is 16.3. The molecule has 2 aromatic rings. The molecule has 8 nitrogen and oxygen atoms in total. The molecule has 6 rings (SSSR count). The summed E-state index contributed by atoms with van der Waals surface area (Å²) in [5.41, 5.74) is 0.830. The molecule has 0 aromatic carbocycles. The van der Waals surface area contributed by atoms with E-state index in [1.807, 2.05) is 0 Å². The van der Waals surface area contributed by atoms with Gasteiger partial charge in [0.2, 0.25) is 11.8 Å². The Balaban J connectivity index is 1.14. The van der Waals surface area contributed by atoms with Crippen molar-refractivity contribution >= 4 is 11.5 Å². The molecule has 34 heavy (non-hydrogen) atoms. The summed E-state index contributed by atoms with van der Waals surface area (Å²) >= 11 is 0. The zero-order chi connectivity index (χ0) is 23.4. The number of carbonyl (C=O) groups is 1. The van der Waals surface area contributed by atoms with Crippen molar-refractivity contribution in [1.29, 1.82) is 0 Å². The van der Waals surface area contributed by atoms with Crippen LogP contribution in [0, 0.1) is 18.8 Å². The van der Waals surface area contributed by atoms with Crippen molar-refractivity contribution in [3.05, 3.63) is 29.5 Å². The predicted octanol–water partition coefficient (Wildman–Crippen LogP) is 3.51. The minimum atomic E-state index is -2.69. The van der Waals surface area contributed by atoms with E-state index in [-0.39, 0.29) is 42.8 Å². The molecular weight excluding hydrogens is 444 g/mol. The Hall–Kier alpha value is -2.62. The normalized spacial score (nSPS) is 26.1. The van der Waals surface area contributed by atoms with E-state index in [0.29, 0.717) is 41.5 Å². The summed E-state index contributed by atoms with van der Waals surface area (Å²) in [6.45, 7) is 1.57. The van der Waals surface area contributed by atoms with Crippen LogP contribution < -0.4 is 15.0 Å². The van der Waals surface area contributed by atoms with Crippen LogP contribution in [-0.4, -0.2) is 58.6 Å². The van der Waals surface area contributed by atoms with Gasteiger partial charge in [-0.3, -0.25) is 4.79 Å². The molecule has 3 unspecified atom stereocenters. The molecule has 4 aliphatic rings. The zero-order valence-electron chi connectivity index (χ0n) is 19.2. The lowest BCUT2D eigenvalue weighted by molar-refractivity contribution is -0.0265. The molecule has 10 heteroatoms. The van der Waals surface area contributed by atoms with Crippen molar-refractivity contribution in [2.45, 2.75) is 69.4 Å². The van der Waals surface area contributed by atoms with Crippen molar-refractivity contribution in [1.82, 2.24) is 20.4 Å². The number of alkyl halides is 2. The number of Topliss-reactive ketones (excluding diaryl/α,β-unsaturated/α-hetero) is 1. The molecule has 2 aliphatic heterocycles. The van der Waals surface area contributed by atoms with E-state index in [1.165, 1.54) is 12.8 Å². The maximum atomic E-state index is 13.4. The highest BCUT2D eigenvalue weighted by atomic mass is 19.3. The number of nitrogens with zero attached hydrogens (tertiary/aromatic N) is 4. The van der Waals surface area contributed by atoms with Crippen LogP contribution in [0.1, 0.15) is 66.6 Å². The summed E-state index contributed by atoms with van der Waals surface area (Å²) in [4.78, 5) is 23.6. The number of hydrogen-bond donors (Lipinski definition) is 1. The van der Waals surface area contributed by atoms with E-state index in [4.69, 9.17) is 9.26 Å². The molecule has 2 saturated carbocycles. The van der Waals surface area contributed by atoms with Crippen molar-refractivity contribution in [2.75, 3.05) is 24.6 Å². The van der Waals surface area contributed by atoms with Gasteiger partial charge in [-0.1, -0.05) is 18.0 Å². The van der Waals surface area contributed by atoms with Crippen LogP contribution >= 0.6 is 0 Å². The van der Waals surface area contributed by atoms with Gasteiger partial charge in [-0.15, -0.1) is 0 Å². The van der Waals surface area contributed by atoms with E-state index < -0.39 is 5.92 Å². The first-order valence-corrected chi connectivity index (χ1v) is 12.2. The van der Waals surface area contributed by atoms with Crippen molar-refractivity contribution in [2.24, 2.45) is 11.8 Å². The number of nitrogens with one attached hydrogen (secondary N) is 1. The molecule has 0 radical (unpaired) electrons. The number of ketones is 1. The van der Waals surface area contributed by atoms with Gasteiger partial charge < -0.3 is 19.5 Å². The lowest BCUT2D eigenvalue weighted by Gasteiger charge is -2.40. The quantitative estimate of drug-likeness (QED) is 0.391. The summed E-state index contributed by atoms with van der Waals surface area (Å²) in [5.74, 6) is 0.0898. The molecule has 2 saturated heterocycles. The molecule has 0 bridgehead atoms. The van der Waals surface area contributed by atoms with Crippen LogP contribution in [-0.2, 0) is 0 Å². The molecule has 0 spiro atoms. The highest BCUT2D eigenvalue weighted by molar-refractivity contribution is 6.01. The summed E-state index contributed by atoms with van der Waals surface area (Å²) in [6.07, 6.45) is 6.44. The lowest BCUT2D eigenvalue weighted by atomic mass is 9.94. The highest BCUT2D eigenvalue weighted by Crippen LogP contribution is 2.42. The average molecular weight is 474 g/mol. The second-order valence-electron chi connectivity index (χ2n) is 10.4. The van der Waals surface area contributed by atoms with Crippen LogP contribution in [0.3, 0.4) is 0 Å². The maximum absolute atomic E-state index is 13.4. The minimum absolute atomic E-state index is 0.0291. The van der Waals surface area contributed by atoms with Crippen LogP contribution in [0.2, 0.25) is 0 Å². The van der Waals surface area contributed by atoms with Crippen LogP contribution in [0.4, 0.5) is 14.5 Å². The molecular formula is C24H29F2N5O3. The monoisotopic (exact) mass is 473 g/mol. The molecule has 4 fully saturated rings. The van der Waals surface area contributed by atoms with Gasteiger partial charge in [0, 0.05) is 18.9 Å². The Morgan fingerprint density at radius 3 is 2.62 bits per heavy atom. The van der Waals surface area contributed by atoms with Crippen LogP contribution in [0.5, 0.6) is 5.88 Å². The van der Waals surface area contributed by atoms with Gasteiger partial charge in [-0.25, -0.2) is 13.8 Å². The predicted molar refractivity (Wildman–Crippen MR) is 118 cm³/mol. The second-order valence-corrected chi connectivity index (χ2v) is 10.4. The van der Waals surface area contributed by atoms with Gasteiger partial charge in [0.25, 0.3) is 5.92 Å². The smallest absolute Gasteiger partial charge is 0.282 e. The van der Waals surface area contributed by atoms with Gasteiger partial charge >= 0.3 is 0 Å². The van der Waals surface area contributed by atoms with Crippen molar-refractivity contribution in [3.8, 4) is 5.88 Å². The fourth-order valence-corrected chi connectivity index (χ4v) is 4.73. The topological polar surface area (TPSA) is 103 Å². The van der Waals surface area contributed by atoms with Crippen molar-refractivity contribution in [3.63, 3.8) is 0 Å². The Kier molecular flexibility index (Phi) is 5.31. The Bertz CT molecular complexity index is 1080. The van der Waals surface area contributed by atoms with Gasteiger partial charge in [-0.05, 0) is 49.7 Å². The summed E-state index contributed by atoms with van der Waals surface area (Å²) < 4.78 is 37.9. The molecule has 182 valence electrons. The van der Waals surface area contributed by atoms with E-state index in [9.17, 15) is 13.6 Å². The van der Waals surface area contributed by atoms with Crippen molar-refractivity contribution < 1.29 is 22.8 Å². The van der Waals surface area contributed by atoms with E-state index in [0.717, 1.165) is 25.7 Å². The summed E-state index contributed by atoms with van der Waals surface area (Å²) in [5, 5.41) is 7.41. The third kappa shape index (κ3) is 4.78. The molecule has 1 N–H and O–H groups in total. The number of rotatable bonds is 11. The lowest BCUT2D eigenvalue weighted by Crippen LogP contribution is -2.56. The van der Waals surface area contributed by atoms with Gasteiger partial charge in [-0.2, -0.15) is 4.98 Å². The Morgan fingerprint density at radius 2 is 1.97 bits per heavy atom. The number of anilines is 1. The van der Waals surface area contributed by atoms with Crippen LogP contribution in [0.25, 0.3) is 0 Å². The number of ether oxygens (including phenoxy) is 1. The van der Waals surface area contributed by atoms with Crippen LogP contribution in [0.15, 0.2) is 16.7 Å². The fraction of sp³-hybridized carbons (Fsp3) is 0.667. The number of carbonyl (C=O) groups excluding carboxylic acids is 1. The molecule has 4 heterocycles. The molecule has 2 aromatic heterocycles. The Labute approximate surface area is 196 Å². The number of hydrogen-bond acceptors (Lipinski definition) is 8. The number of pyridine rings is 1. The zero-order valence-corrected chi connectivity index (χ0v) is 19.2. The third-order valence-electron chi connectivity index (χ3n) is 7.16. The molecule has 0 amide bonds. The summed E-state index contributed by atoms with van der Waals surface area (Å²) in [6, 6.07) is 3.02. The van der Waals surface area contributed by atoms with E-state index in [1.54, 1.807) is 24.0 Å².